The number of nitrogens with two attached hydrogens (primary N) is 1. The molecule has 1 atom stereocenters. The Hall–Kier alpha value is -0.820. The van der Waals surface area contributed by atoms with Gasteiger partial charge in [0.2, 0.25) is 0 Å². The van der Waals surface area contributed by atoms with Crippen LogP contribution in [0, 0.1) is 3.57 Å². The summed E-state index contributed by atoms with van der Waals surface area (Å²) in [7, 11) is 1.65. The first-order valence-corrected chi connectivity index (χ1v) is 8.00. The lowest BCUT2D eigenvalue weighted by Gasteiger charge is -2.18. The highest BCUT2D eigenvalue weighted by Gasteiger charge is 2.16. The predicted molar refractivity (Wildman–Crippen MR) is 94.0 cm³/mol. The zero-order valence-electron chi connectivity index (χ0n) is 11.7. The summed E-state index contributed by atoms with van der Waals surface area (Å²) in [6.45, 7) is 1.03. The van der Waals surface area contributed by atoms with Gasteiger partial charge in [0.1, 0.15) is 12.4 Å². The molecule has 0 radical (unpaired) electrons. The Kier molecular flexibility index (Phi) is 6.29. The molecule has 3 nitrogen and oxygen atoms in total. The molecule has 0 heterocycles. The number of hydrogen-bond acceptors (Lipinski definition) is 3. The Morgan fingerprint density at radius 2 is 1.90 bits per heavy atom. The van der Waals surface area contributed by atoms with Gasteiger partial charge in [0.15, 0.2) is 0 Å². The molecule has 112 valence electrons. The largest absolute Gasteiger partial charge is 0.491 e. The third-order valence-corrected chi connectivity index (χ3v) is 4.31. The number of ether oxygens (including phenoxy) is 2. The van der Waals surface area contributed by atoms with Gasteiger partial charge in [-0.2, -0.15) is 0 Å². The van der Waals surface area contributed by atoms with Crippen LogP contribution in [0.5, 0.6) is 5.75 Å². The quantitative estimate of drug-likeness (QED) is 0.570. The molecule has 0 aliphatic rings. The van der Waals surface area contributed by atoms with Crippen LogP contribution >= 0.6 is 34.2 Å². The summed E-state index contributed by atoms with van der Waals surface area (Å²) in [4.78, 5) is 0. The van der Waals surface area contributed by atoms with Crippen LogP contribution in [0.4, 0.5) is 0 Å². The fourth-order valence-electron chi connectivity index (χ4n) is 2.02. The van der Waals surface area contributed by atoms with Gasteiger partial charge in [0.05, 0.1) is 12.6 Å². The minimum Gasteiger partial charge on any atom is -0.491 e. The summed E-state index contributed by atoms with van der Waals surface area (Å²) in [5.74, 6) is 0.776. The first-order chi connectivity index (χ1) is 10.1. The summed E-state index contributed by atoms with van der Waals surface area (Å²) < 4.78 is 11.8. The lowest BCUT2D eigenvalue weighted by atomic mass is 9.99. The van der Waals surface area contributed by atoms with E-state index in [1.807, 2.05) is 42.5 Å². The van der Waals surface area contributed by atoms with E-state index in [0.29, 0.717) is 18.2 Å². The topological polar surface area (TPSA) is 44.5 Å². The molecule has 2 aromatic carbocycles. The van der Waals surface area contributed by atoms with E-state index in [2.05, 4.69) is 22.6 Å². The molecule has 0 aliphatic carbocycles. The molecule has 0 aliphatic heterocycles. The van der Waals surface area contributed by atoms with Gasteiger partial charge in [0.25, 0.3) is 0 Å². The summed E-state index contributed by atoms with van der Waals surface area (Å²) in [5, 5.41) is 0.679. The molecule has 0 saturated carbocycles. The minimum absolute atomic E-state index is 0.283. The average Bonchev–Trinajstić information content (AvgIpc) is 2.50. The highest BCUT2D eigenvalue weighted by atomic mass is 127. The van der Waals surface area contributed by atoms with Crippen molar-refractivity contribution in [2.45, 2.75) is 6.04 Å². The molecule has 1 unspecified atom stereocenters. The smallest absolute Gasteiger partial charge is 0.124 e. The second-order valence-corrected chi connectivity index (χ2v) is 6.12. The van der Waals surface area contributed by atoms with Crippen LogP contribution in [0.25, 0.3) is 0 Å². The Balaban J connectivity index is 2.30. The van der Waals surface area contributed by atoms with Crippen LogP contribution in [0.1, 0.15) is 17.2 Å². The SMILES string of the molecule is COCCOc1ccccc1C(N)c1cc(Cl)ccc1I. The van der Waals surface area contributed by atoms with Crippen molar-refractivity contribution in [3.8, 4) is 5.75 Å². The van der Waals surface area contributed by atoms with Crippen LogP contribution < -0.4 is 10.5 Å². The standard InChI is InChI=1S/C16H17ClINO2/c1-20-8-9-21-15-5-3-2-4-12(15)16(19)13-10-11(17)6-7-14(13)18/h2-7,10,16H,8-9,19H2,1H3. The minimum atomic E-state index is -0.283. The second kappa shape index (κ2) is 7.98. The van der Waals surface area contributed by atoms with Gasteiger partial charge in [-0.05, 0) is 52.4 Å². The molecule has 2 rings (SSSR count). The van der Waals surface area contributed by atoms with Gasteiger partial charge in [-0.3, -0.25) is 0 Å². The summed E-state index contributed by atoms with van der Waals surface area (Å²) in [5.41, 5.74) is 8.35. The van der Waals surface area contributed by atoms with Gasteiger partial charge in [-0.1, -0.05) is 29.8 Å². The van der Waals surface area contributed by atoms with Crippen LogP contribution in [0.3, 0.4) is 0 Å². The monoisotopic (exact) mass is 417 g/mol. The first kappa shape index (κ1) is 16.5. The van der Waals surface area contributed by atoms with E-state index in [4.69, 9.17) is 26.8 Å². The number of halogens is 2. The number of methoxy groups -OCH3 is 1. The van der Waals surface area contributed by atoms with E-state index in [1.54, 1.807) is 7.11 Å². The van der Waals surface area contributed by atoms with Gasteiger partial charge in [-0.25, -0.2) is 0 Å². The number of hydrogen-bond donors (Lipinski definition) is 1. The Morgan fingerprint density at radius 3 is 2.67 bits per heavy atom. The van der Waals surface area contributed by atoms with Gasteiger partial charge in [0, 0.05) is 21.3 Å². The van der Waals surface area contributed by atoms with Crippen LogP contribution in [-0.4, -0.2) is 20.3 Å². The van der Waals surface area contributed by atoms with Crippen molar-refractivity contribution >= 4 is 34.2 Å². The molecular formula is C16H17ClINO2. The lowest BCUT2D eigenvalue weighted by Crippen LogP contribution is -2.15. The third kappa shape index (κ3) is 4.32. The zero-order valence-corrected chi connectivity index (χ0v) is 14.6. The zero-order chi connectivity index (χ0) is 15.2. The van der Waals surface area contributed by atoms with E-state index >= 15 is 0 Å². The van der Waals surface area contributed by atoms with Crippen molar-refractivity contribution in [3.05, 3.63) is 62.2 Å². The highest BCUT2D eigenvalue weighted by Crippen LogP contribution is 2.32. The Morgan fingerprint density at radius 1 is 1.14 bits per heavy atom. The molecule has 0 spiro atoms. The molecule has 2 aromatic rings. The van der Waals surface area contributed by atoms with Crippen molar-refractivity contribution in [1.29, 1.82) is 0 Å². The maximum atomic E-state index is 6.42. The maximum absolute atomic E-state index is 6.42. The third-order valence-electron chi connectivity index (χ3n) is 3.09. The maximum Gasteiger partial charge on any atom is 0.124 e. The molecule has 21 heavy (non-hydrogen) atoms. The lowest BCUT2D eigenvalue weighted by molar-refractivity contribution is 0.145. The van der Waals surface area contributed by atoms with Crippen molar-refractivity contribution < 1.29 is 9.47 Å². The van der Waals surface area contributed by atoms with E-state index in [1.165, 1.54) is 0 Å². The first-order valence-electron chi connectivity index (χ1n) is 6.54. The number of para-hydroxylation sites is 1. The van der Waals surface area contributed by atoms with E-state index in [0.717, 1.165) is 20.4 Å². The van der Waals surface area contributed by atoms with Gasteiger partial charge in [-0.15, -0.1) is 0 Å². The van der Waals surface area contributed by atoms with Crippen LogP contribution in [0.2, 0.25) is 5.02 Å². The van der Waals surface area contributed by atoms with E-state index < -0.39 is 0 Å². The van der Waals surface area contributed by atoms with Crippen molar-refractivity contribution in [1.82, 2.24) is 0 Å². The highest BCUT2D eigenvalue weighted by molar-refractivity contribution is 14.1. The van der Waals surface area contributed by atoms with Gasteiger partial charge >= 0.3 is 0 Å². The van der Waals surface area contributed by atoms with Crippen LogP contribution in [0.15, 0.2) is 42.5 Å². The molecular weight excluding hydrogens is 401 g/mol. The Labute approximate surface area is 143 Å². The molecule has 2 N–H and O–H groups in total. The number of rotatable bonds is 6. The average molecular weight is 418 g/mol. The van der Waals surface area contributed by atoms with Crippen molar-refractivity contribution in [2.75, 3.05) is 20.3 Å². The molecule has 5 heteroatoms. The van der Waals surface area contributed by atoms with Crippen LogP contribution in [-0.2, 0) is 4.74 Å². The molecule has 0 fully saturated rings. The summed E-state index contributed by atoms with van der Waals surface area (Å²) in [6, 6.07) is 13.2. The van der Waals surface area contributed by atoms with E-state index in [-0.39, 0.29) is 6.04 Å². The molecule has 0 aromatic heterocycles. The Bertz CT molecular complexity index is 607. The fourth-order valence-corrected chi connectivity index (χ4v) is 2.88. The number of benzene rings is 2. The predicted octanol–water partition coefficient (Wildman–Crippen LogP) is 4.02. The summed E-state index contributed by atoms with van der Waals surface area (Å²) >= 11 is 8.35. The molecule has 0 amide bonds. The molecule has 0 bridgehead atoms. The summed E-state index contributed by atoms with van der Waals surface area (Å²) in [6.07, 6.45) is 0. The fraction of sp³-hybridized carbons (Fsp3) is 0.250. The second-order valence-electron chi connectivity index (χ2n) is 4.52. The normalized spacial score (nSPS) is 12.2. The van der Waals surface area contributed by atoms with Crippen molar-refractivity contribution in [2.24, 2.45) is 5.73 Å². The van der Waals surface area contributed by atoms with Gasteiger partial charge < -0.3 is 15.2 Å². The van der Waals surface area contributed by atoms with E-state index in [9.17, 15) is 0 Å². The van der Waals surface area contributed by atoms with Crippen molar-refractivity contribution in [3.63, 3.8) is 0 Å². The molecule has 0 saturated heterocycles.